The maximum atomic E-state index is 13.0. The number of ether oxygens (including phenoxy) is 1. The maximum Gasteiger partial charge on any atom is 0.421 e. The number of rotatable bonds is 7. The summed E-state index contributed by atoms with van der Waals surface area (Å²) < 4.78 is 44.8. The summed E-state index contributed by atoms with van der Waals surface area (Å²) in [6, 6.07) is 5.27. The van der Waals surface area contributed by atoms with Gasteiger partial charge in [0.05, 0.1) is 0 Å². The van der Waals surface area contributed by atoms with Crippen LogP contribution in [0.15, 0.2) is 42.0 Å². The zero-order valence-corrected chi connectivity index (χ0v) is 19.2. The number of halogens is 3. The molecule has 2 atom stereocenters. The van der Waals surface area contributed by atoms with Gasteiger partial charge in [0.1, 0.15) is 32.9 Å². The second-order valence-corrected chi connectivity index (χ2v) is 8.69. The molecule has 168 valence electrons. The van der Waals surface area contributed by atoms with Crippen LogP contribution in [0.5, 0.6) is 5.75 Å². The van der Waals surface area contributed by atoms with Gasteiger partial charge in [-0.2, -0.15) is 13.2 Å². The lowest BCUT2D eigenvalue weighted by Gasteiger charge is -2.33. The summed E-state index contributed by atoms with van der Waals surface area (Å²) >= 11 is 15.5. The minimum absolute atomic E-state index is 0.0203. The van der Waals surface area contributed by atoms with Crippen molar-refractivity contribution >= 4 is 51.6 Å². The van der Waals surface area contributed by atoms with Crippen LogP contribution in [0, 0.1) is 6.92 Å². The topological polar surface area (TPSA) is 93.5 Å². The number of nitrogens with two attached hydrogens (primary N) is 2. The maximum absolute atomic E-state index is 13.0. The lowest BCUT2D eigenvalue weighted by atomic mass is 9.91. The van der Waals surface area contributed by atoms with Crippen molar-refractivity contribution in [2.24, 2.45) is 11.5 Å². The predicted molar refractivity (Wildman–Crippen MR) is 126 cm³/mol. The highest BCUT2D eigenvalue weighted by molar-refractivity contribution is 7.81. The Morgan fingerprint density at radius 3 is 2.39 bits per heavy atom. The molecule has 2 unspecified atom stereocenters. The lowest BCUT2D eigenvalue weighted by Crippen LogP contribution is -2.58. The van der Waals surface area contributed by atoms with Gasteiger partial charge in [-0.1, -0.05) is 60.9 Å². The van der Waals surface area contributed by atoms with Crippen molar-refractivity contribution in [3.05, 3.63) is 53.1 Å². The van der Waals surface area contributed by atoms with Gasteiger partial charge in [0.2, 0.25) is 0 Å². The fourth-order valence-electron chi connectivity index (χ4n) is 2.63. The Morgan fingerprint density at radius 1 is 1.26 bits per heavy atom. The van der Waals surface area contributed by atoms with Crippen LogP contribution < -0.4 is 21.5 Å². The van der Waals surface area contributed by atoms with E-state index in [1.54, 1.807) is 25.1 Å². The molecular weight excluding hydrogens is 467 g/mol. The number of hydrogen-bond donors (Lipinski definition) is 4. The Morgan fingerprint density at radius 2 is 1.90 bits per heavy atom. The summed E-state index contributed by atoms with van der Waals surface area (Å²) in [6.45, 7) is 3.48. The van der Waals surface area contributed by atoms with Crippen LogP contribution in [0.4, 0.5) is 13.2 Å². The van der Waals surface area contributed by atoms with Gasteiger partial charge in [0.15, 0.2) is 5.60 Å². The average Bonchev–Trinajstić information content (AvgIpc) is 2.66. The molecule has 0 aliphatic heterocycles. The summed E-state index contributed by atoms with van der Waals surface area (Å²) in [7, 11) is 0. The molecule has 0 fully saturated rings. The van der Waals surface area contributed by atoms with E-state index < -0.39 is 23.7 Å². The number of hydrogen-bond acceptors (Lipinski definition) is 5. The van der Waals surface area contributed by atoms with Crippen LogP contribution in [-0.4, -0.2) is 44.0 Å². The highest BCUT2D eigenvalue weighted by atomic mass is 32.1. The molecule has 0 saturated heterocycles. The molecule has 1 aromatic rings. The number of nitrogens with one attached hydrogen (secondary N) is 1. The second-order valence-electron chi connectivity index (χ2n) is 7.40. The van der Waals surface area contributed by atoms with Crippen molar-refractivity contribution in [3.63, 3.8) is 0 Å². The first-order valence-electron chi connectivity index (χ1n) is 9.03. The third-order valence-corrected chi connectivity index (χ3v) is 5.87. The molecule has 0 heterocycles. The molecule has 2 rings (SSSR count). The molecule has 11 heteroatoms. The predicted octanol–water partition coefficient (Wildman–Crippen LogP) is 3.15. The van der Waals surface area contributed by atoms with Crippen LogP contribution in [-0.2, 0) is 0 Å². The van der Waals surface area contributed by atoms with E-state index in [9.17, 15) is 18.3 Å². The fraction of sp³-hybridized carbons (Fsp3) is 0.350. The smallest absolute Gasteiger partial charge is 0.421 e. The van der Waals surface area contributed by atoms with Crippen molar-refractivity contribution in [2.45, 2.75) is 37.6 Å². The van der Waals surface area contributed by atoms with Gasteiger partial charge in [-0.05, 0) is 31.6 Å². The van der Waals surface area contributed by atoms with E-state index >= 15 is 0 Å². The Balaban J connectivity index is 2.15. The van der Waals surface area contributed by atoms with Crippen molar-refractivity contribution in [2.75, 3.05) is 6.61 Å². The molecule has 6 N–H and O–H groups in total. The van der Waals surface area contributed by atoms with E-state index in [1.165, 1.54) is 6.08 Å². The first kappa shape index (κ1) is 25.2. The molecule has 0 saturated carbocycles. The average molecular weight is 490 g/mol. The highest BCUT2D eigenvalue weighted by Crippen LogP contribution is 2.37. The Kier molecular flexibility index (Phi) is 7.47. The van der Waals surface area contributed by atoms with Gasteiger partial charge in [-0.3, -0.25) is 0 Å². The monoisotopic (exact) mass is 489 g/mol. The van der Waals surface area contributed by atoms with Crippen LogP contribution >= 0.6 is 36.7 Å². The summed E-state index contributed by atoms with van der Waals surface area (Å²) in [5.41, 5.74) is 9.29. The minimum Gasteiger partial charge on any atom is -0.490 e. The summed E-state index contributed by atoms with van der Waals surface area (Å²) in [5.74, 6) is 0.521. The minimum atomic E-state index is -4.79. The summed E-state index contributed by atoms with van der Waals surface area (Å²) in [6.07, 6.45) is -2.45. The normalized spacial score (nSPS) is 20.4. The quantitative estimate of drug-likeness (QED) is 0.434. The Bertz CT molecular complexity index is 978. The van der Waals surface area contributed by atoms with Crippen LogP contribution in [0.1, 0.15) is 24.5 Å². The second kappa shape index (κ2) is 9.19. The zero-order chi connectivity index (χ0) is 23.6. The Hall–Kier alpha value is -2.08. The molecule has 0 bridgehead atoms. The summed E-state index contributed by atoms with van der Waals surface area (Å²) in [4.78, 5) is 0.384. The van der Waals surface area contributed by atoms with Crippen molar-refractivity contribution in [1.29, 1.82) is 0 Å². The van der Waals surface area contributed by atoms with Crippen molar-refractivity contribution in [3.8, 4) is 5.75 Å². The van der Waals surface area contributed by atoms with Gasteiger partial charge in [-0.15, -0.1) is 0 Å². The van der Waals surface area contributed by atoms with E-state index in [0.29, 0.717) is 23.0 Å². The van der Waals surface area contributed by atoms with E-state index in [2.05, 4.69) is 5.32 Å². The van der Waals surface area contributed by atoms with Gasteiger partial charge < -0.3 is 26.6 Å². The number of aryl methyl sites for hydroxylation is 1. The van der Waals surface area contributed by atoms with Crippen molar-refractivity contribution < 1.29 is 23.0 Å². The van der Waals surface area contributed by atoms with Gasteiger partial charge in [0, 0.05) is 17.6 Å². The van der Waals surface area contributed by atoms with E-state index in [-0.39, 0.29) is 21.6 Å². The fourth-order valence-corrected chi connectivity index (χ4v) is 3.24. The van der Waals surface area contributed by atoms with Crippen LogP contribution in [0.25, 0.3) is 0 Å². The first-order chi connectivity index (χ1) is 14.2. The first-order valence-corrected chi connectivity index (χ1v) is 10.3. The standard InChI is InChI=1S/C20H22F3N3O2S3/c1-11-3-4-13(15(24)29)9-14(11)28-10-18(2,17(25)31)26-16(30)12-5-7-19(27,8-6-12)20(21,22)23/h3-7,9,27H,8,10H2,1-2H3,(H2,24,29)(H2,25,31)(H,26,30). The van der Waals surface area contributed by atoms with Crippen LogP contribution in [0.2, 0.25) is 0 Å². The highest BCUT2D eigenvalue weighted by Gasteiger charge is 2.52. The molecule has 0 aromatic heterocycles. The van der Waals surface area contributed by atoms with Gasteiger partial charge in [0.25, 0.3) is 0 Å². The molecule has 1 aliphatic rings. The van der Waals surface area contributed by atoms with Gasteiger partial charge in [-0.25, -0.2) is 0 Å². The van der Waals surface area contributed by atoms with E-state index in [1.807, 2.05) is 6.92 Å². The van der Waals surface area contributed by atoms with Gasteiger partial charge >= 0.3 is 6.18 Å². The van der Waals surface area contributed by atoms with E-state index in [4.69, 9.17) is 52.9 Å². The van der Waals surface area contributed by atoms with Crippen LogP contribution in [0.3, 0.4) is 0 Å². The summed E-state index contributed by atoms with van der Waals surface area (Å²) in [5, 5.41) is 12.7. The van der Waals surface area contributed by atoms with Crippen molar-refractivity contribution in [1.82, 2.24) is 5.32 Å². The largest absolute Gasteiger partial charge is 0.490 e. The SMILES string of the molecule is Cc1ccc(C(N)=S)cc1OCC(C)(NC(=S)C1=CCC(O)(C(F)(F)F)C=C1)C(N)=S. The zero-order valence-electron chi connectivity index (χ0n) is 16.7. The van der Waals surface area contributed by atoms with E-state index in [0.717, 1.165) is 11.6 Å². The molecule has 1 aliphatic carbocycles. The lowest BCUT2D eigenvalue weighted by molar-refractivity contribution is -0.238. The Labute approximate surface area is 194 Å². The third-order valence-electron chi connectivity index (χ3n) is 4.85. The molecule has 0 amide bonds. The molecule has 0 radical (unpaired) electrons. The number of alkyl halides is 3. The molecular formula is C20H22F3N3O2S3. The molecule has 1 aromatic carbocycles. The number of aliphatic hydroxyl groups is 1. The molecule has 0 spiro atoms. The number of benzene rings is 1. The molecule has 31 heavy (non-hydrogen) atoms. The molecule has 5 nitrogen and oxygen atoms in total. The third kappa shape index (κ3) is 5.79. The number of thiocarbonyl (C=S) groups is 3.